The van der Waals surface area contributed by atoms with E-state index in [1.807, 2.05) is 6.92 Å². The van der Waals surface area contributed by atoms with Gasteiger partial charge in [-0.25, -0.2) is 4.68 Å². The predicted octanol–water partition coefficient (Wildman–Crippen LogP) is 1.29. The van der Waals surface area contributed by atoms with Crippen molar-refractivity contribution in [2.45, 2.75) is 32.9 Å². The molecule has 1 heterocycles. The maximum atomic E-state index is 12.7. The summed E-state index contributed by atoms with van der Waals surface area (Å²) < 4.78 is 1.20. The van der Waals surface area contributed by atoms with Crippen LogP contribution in [0.15, 0.2) is 53.3 Å². The normalized spacial score (nSPS) is 11.5. The fraction of sp³-hybridized carbons (Fsp3) is 0.227. The van der Waals surface area contributed by atoms with Crippen molar-refractivity contribution in [1.82, 2.24) is 25.9 Å². The average Bonchev–Trinajstić information content (AvgIpc) is 2.84. The number of aromatic nitrogens is 2. The fourth-order valence-corrected chi connectivity index (χ4v) is 3.16. The molecule has 0 spiro atoms. The van der Waals surface area contributed by atoms with Gasteiger partial charge in [-0.3, -0.25) is 40.1 Å². The summed E-state index contributed by atoms with van der Waals surface area (Å²) in [6.07, 6.45) is 0.630. The maximum Gasteiger partial charge on any atom is 0.290 e. The fourth-order valence-electron chi connectivity index (χ4n) is 3.16. The molecule has 0 aliphatic rings. The molecule has 0 aliphatic heterocycles. The van der Waals surface area contributed by atoms with Crippen LogP contribution in [0, 0.1) is 10.1 Å². The van der Waals surface area contributed by atoms with Crippen molar-refractivity contribution in [3.05, 3.63) is 80.3 Å². The maximum absolute atomic E-state index is 12.7. The van der Waals surface area contributed by atoms with E-state index in [9.17, 15) is 29.3 Å². The lowest BCUT2D eigenvalue weighted by atomic mass is 10.1. The summed E-state index contributed by atoms with van der Waals surface area (Å²) in [6, 6.07) is 10.5. The van der Waals surface area contributed by atoms with Gasteiger partial charge in [0, 0.05) is 29.6 Å². The summed E-state index contributed by atoms with van der Waals surface area (Å²) in [7, 11) is 0. The van der Waals surface area contributed by atoms with Crippen LogP contribution in [0.1, 0.15) is 41.1 Å². The average molecular weight is 466 g/mol. The number of non-ortho nitro benzene ring substituents is 1. The molecule has 0 aliphatic carbocycles. The van der Waals surface area contributed by atoms with Crippen LogP contribution in [0.3, 0.4) is 0 Å². The van der Waals surface area contributed by atoms with Crippen molar-refractivity contribution < 1.29 is 19.3 Å². The van der Waals surface area contributed by atoms with E-state index in [-0.39, 0.29) is 22.5 Å². The predicted molar refractivity (Wildman–Crippen MR) is 122 cm³/mol. The molecule has 3 aromatic rings. The Bertz CT molecular complexity index is 1330. The lowest BCUT2D eigenvalue weighted by Gasteiger charge is -2.15. The van der Waals surface area contributed by atoms with Crippen LogP contribution in [-0.2, 0) is 11.3 Å². The topological polar surface area (TPSA) is 165 Å². The Morgan fingerprint density at radius 1 is 1.06 bits per heavy atom. The minimum atomic E-state index is -1.08. The highest BCUT2D eigenvalue weighted by Gasteiger charge is 2.21. The highest BCUT2D eigenvalue weighted by atomic mass is 16.6. The number of hydrazine groups is 1. The van der Waals surface area contributed by atoms with Gasteiger partial charge in [-0.1, -0.05) is 31.2 Å². The smallest absolute Gasteiger partial charge is 0.290 e. The van der Waals surface area contributed by atoms with E-state index in [2.05, 4.69) is 21.3 Å². The third-order valence-corrected chi connectivity index (χ3v) is 4.88. The van der Waals surface area contributed by atoms with E-state index in [1.165, 1.54) is 29.8 Å². The van der Waals surface area contributed by atoms with Crippen LogP contribution in [0.4, 0.5) is 5.69 Å². The standard InChI is InChI=1S/C22H22N6O6/c1-3-11-27-22(32)17-10-5-4-9-16(17)18(26-27)21(31)25-24-19(29)13(2)23-20(30)14-7-6-8-15(12-14)28(33)34/h4-10,12-13H,3,11H2,1-2H3,(H,23,30)(H,24,29)(H,25,31). The van der Waals surface area contributed by atoms with Gasteiger partial charge in [0.25, 0.3) is 29.0 Å². The summed E-state index contributed by atoms with van der Waals surface area (Å²) in [5, 5.41) is 18.1. The molecule has 12 nitrogen and oxygen atoms in total. The van der Waals surface area contributed by atoms with Crippen LogP contribution >= 0.6 is 0 Å². The van der Waals surface area contributed by atoms with Crippen molar-refractivity contribution in [2.75, 3.05) is 0 Å². The number of hydrogen-bond donors (Lipinski definition) is 3. The molecule has 176 valence electrons. The zero-order valence-corrected chi connectivity index (χ0v) is 18.4. The molecule has 0 saturated carbocycles. The second-order valence-corrected chi connectivity index (χ2v) is 7.37. The number of aryl methyl sites for hydroxylation is 1. The highest BCUT2D eigenvalue weighted by molar-refractivity contribution is 6.05. The summed E-state index contributed by atoms with van der Waals surface area (Å²) in [5.74, 6) is -2.18. The minimum absolute atomic E-state index is 0.00624. The van der Waals surface area contributed by atoms with Gasteiger partial charge in [0.15, 0.2) is 5.69 Å². The van der Waals surface area contributed by atoms with Crippen LogP contribution in [0.5, 0.6) is 0 Å². The molecule has 1 aromatic heterocycles. The molecule has 34 heavy (non-hydrogen) atoms. The van der Waals surface area contributed by atoms with Gasteiger partial charge >= 0.3 is 0 Å². The zero-order valence-electron chi connectivity index (χ0n) is 18.4. The van der Waals surface area contributed by atoms with Crippen molar-refractivity contribution >= 4 is 34.2 Å². The molecular weight excluding hydrogens is 444 g/mol. The molecule has 3 amide bonds. The number of rotatable bonds is 7. The Kier molecular flexibility index (Phi) is 7.31. The monoisotopic (exact) mass is 466 g/mol. The van der Waals surface area contributed by atoms with Crippen LogP contribution in [-0.4, -0.2) is 38.5 Å². The first-order valence-corrected chi connectivity index (χ1v) is 10.4. The number of benzene rings is 2. The Morgan fingerprint density at radius 3 is 2.44 bits per heavy atom. The molecule has 2 aromatic carbocycles. The number of nitrogens with one attached hydrogen (secondary N) is 3. The summed E-state index contributed by atoms with van der Waals surface area (Å²) in [6.45, 7) is 3.56. The van der Waals surface area contributed by atoms with Gasteiger partial charge in [0.2, 0.25) is 0 Å². The Morgan fingerprint density at radius 2 is 1.76 bits per heavy atom. The van der Waals surface area contributed by atoms with E-state index in [0.717, 1.165) is 6.07 Å². The highest BCUT2D eigenvalue weighted by Crippen LogP contribution is 2.14. The van der Waals surface area contributed by atoms with Crippen molar-refractivity contribution in [3.8, 4) is 0 Å². The Hall–Kier alpha value is -4.61. The quantitative estimate of drug-likeness (QED) is 0.349. The molecule has 0 radical (unpaired) electrons. The van der Waals surface area contributed by atoms with Crippen molar-refractivity contribution in [3.63, 3.8) is 0 Å². The largest absolute Gasteiger partial charge is 0.340 e. The van der Waals surface area contributed by atoms with Crippen LogP contribution in [0.2, 0.25) is 0 Å². The van der Waals surface area contributed by atoms with Gasteiger partial charge in [-0.2, -0.15) is 5.10 Å². The number of carbonyl (C=O) groups is 3. The lowest BCUT2D eigenvalue weighted by Crippen LogP contribution is -2.51. The van der Waals surface area contributed by atoms with Gasteiger partial charge in [-0.05, 0) is 25.5 Å². The summed E-state index contributed by atoms with van der Waals surface area (Å²) in [4.78, 5) is 60.2. The summed E-state index contributed by atoms with van der Waals surface area (Å²) >= 11 is 0. The SMILES string of the molecule is CCCn1nc(C(=O)NNC(=O)C(C)NC(=O)c2cccc([N+](=O)[O-])c2)c2ccccc2c1=O. The molecule has 12 heteroatoms. The van der Waals surface area contributed by atoms with Gasteiger partial charge in [0.1, 0.15) is 6.04 Å². The van der Waals surface area contributed by atoms with E-state index >= 15 is 0 Å². The number of nitrogens with zero attached hydrogens (tertiary/aromatic N) is 3. The van der Waals surface area contributed by atoms with Crippen LogP contribution < -0.4 is 21.7 Å². The third-order valence-electron chi connectivity index (χ3n) is 4.88. The zero-order chi connectivity index (χ0) is 24.8. The summed E-state index contributed by atoms with van der Waals surface area (Å²) in [5.41, 5.74) is 3.83. The molecular formula is C22H22N6O6. The minimum Gasteiger partial charge on any atom is -0.340 e. The van der Waals surface area contributed by atoms with Crippen LogP contribution in [0.25, 0.3) is 10.8 Å². The van der Waals surface area contributed by atoms with Gasteiger partial charge in [0.05, 0.1) is 10.3 Å². The molecule has 1 unspecified atom stereocenters. The second kappa shape index (κ2) is 10.3. The first kappa shape index (κ1) is 24.0. The Labute approximate surface area is 193 Å². The molecule has 1 atom stereocenters. The number of nitro groups is 1. The first-order chi connectivity index (χ1) is 16.2. The van der Waals surface area contributed by atoms with E-state index in [1.54, 1.807) is 24.3 Å². The number of carbonyl (C=O) groups excluding carboxylic acids is 3. The Balaban J connectivity index is 1.69. The number of amides is 3. The van der Waals surface area contributed by atoms with E-state index in [4.69, 9.17) is 0 Å². The molecule has 3 rings (SSSR count). The number of nitro benzene ring substituents is 1. The van der Waals surface area contributed by atoms with Crippen molar-refractivity contribution in [1.29, 1.82) is 0 Å². The van der Waals surface area contributed by atoms with E-state index < -0.39 is 28.7 Å². The molecule has 3 N–H and O–H groups in total. The molecule has 0 bridgehead atoms. The first-order valence-electron chi connectivity index (χ1n) is 10.4. The van der Waals surface area contributed by atoms with E-state index in [0.29, 0.717) is 23.7 Å². The van der Waals surface area contributed by atoms with Gasteiger partial charge < -0.3 is 5.32 Å². The van der Waals surface area contributed by atoms with Crippen molar-refractivity contribution in [2.24, 2.45) is 0 Å². The van der Waals surface area contributed by atoms with Gasteiger partial charge in [-0.15, -0.1) is 0 Å². The number of fused-ring (bicyclic) bond motifs is 1. The molecule has 0 fully saturated rings. The number of hydrogen-bond acceptors (Lipinski definition) is 7. The molecule has 0 saturated heterocycles. The second-order valence-electron chi connectivity index (χ2n) is 7.37. The lowest BCUT2D eigenvalue weighted by molar-refractivity contribution is -0.384. The third kappa shape index (κ3) is 5.23.